The van der Waals surface area contributed by atoms with Gasteiger partial charge in [-0.05, 0) is 13.8 Å². The predicted molar refractivity (Wildman–Crippen MR) is 36.8 cm³/mol. The standard InChI is InChI=1S/C7H11FO3/c1-5(9)4-7(2,8)6(10)11-3/h4H2,1-3H3. The van der Waals surface area contributed by atoms with Gasteiger partial charge < -0.3 is 4.74 Å². The van der Waals surface area contributed by atoms with Gasteiger partial charge in [0.25, 0.3) is 0 Å². The maximum atomic E-state index is 13.0. The van der Waals surface area contributed by atoms with Crippen LogP contribution in [-0.2, 0) is 14.3 Å². The van der Waals surface area contributed by atoms with Crippen molar-refractivity contribution in [1.29, 1.82) is 0 Å². The smallest absolute Gasteiger partial charge is 0.343 e. The SMILES string of the molecule is COC(=O)C(C)(F)CC(C)=O. The summed E-state index contributed by atoms with van der Waals surface area (Å²) < 4.78 is 17.2. The van der Waals surface area contributed by atoms with Crippen LogP contribution in [0.2, 0.25) is 0 Å². The molecule has 0 saturated carbocycles. The number of carbonyl (C=O) groups is 2. The number of halogens is 1. The number of alkyl halides is 1. The van der Waals surface area contributed by atoms with Crippen LogP contribution in [-0.4, -0.2) is 24.5 Å². The Morgan fingerprint density at radius 2 is 2.00 bits per heavy atom. The first-order valence-electron chi connectivity index (χ1n) is 3.17. The number of hydrogen-bond acceptors (Lipinski definition) is 3. The highest BCUT2D eigenvalue weighted by molar-refractivity contribution is 5.87. The second-order valence-corrected chi connectivity index (χ2v) is 2.57. The number of methoxy groups -OCH3 is 1. The monoisotopic (exact) mass is 162 g/mol. The molecule has 0 aliphatic rings. The van der Waals surface area contributed by atoms with Crippen LogP contribution in [0.15, 0.2) is 0 Å². The van der Waals surface area contributed by atoms with Crippen molar-refractivity contribution in [3.8, 4) is 0 Å². The van der Waals surface area contributed by atoms with Crippen LogP contribution in [0, 0.1) is 0 Å². The van der Waals surface area contributed by atoms with Gasteiger partial charge in [-0.2, -0.15) is 0 Å². The zero-order valence-electron chi connectivity index (χ0n) is 6.81. The summed E-state index contributed by atoms with van der Waals surface area (Å²) in [5.74, 6) is -1.38. The molecule has 0 aromatic carbocycles. The number of carbonyl (C=O) groups excluding carboxylic acids is 2. The van der Waals surface area contributed by atoms with Crippen LogP contribution in [0.25, 0.3) is 0 Å². The quantitative estimate of drug-likeness (QED) is 0.578. The fourth-order valence-electron chi connectivity index (χ4n) is 0.752. The molecular weight excluding hydrogens is 151 g/mol. The van der Waals surface area contributed by atoms with E-state index < -0.39 is 18.1 Å². The third kappa shape index (κ3) is 3.11. The van der Waals surface area contributed by atoms with E-state index in [1.54, 1.807) is 0 Å². The van der Waals surface area contributed by atoms with E-state index in [-0.39, 0.29) is 5.78 Å². The number of ketones is 1. The Morgan fingerprint density at radius 1 is 1.55 bits per heavy atom. The molecule has 0 N–H and O–H groups in total. The lowest BCUT2D eigenvalue weighted by atomic mass is 10.0. The first kappa shape index (κ1) is 10.1. The summed E-state index contributed by atoms with van der Waals surface area (Å²) in [4.78, 5) is 21.1. The van der Waals surface area contributed by atoms with Crippen LogP contribution in [0.5, 0.6) is 0 Å². The number of hydrogen-bond donors (Lipinski definition) is 0. The fraction of sp³-hybridized carbons (Fsp3) is 0.714. The minimum Gasteiger partial charge on any atom is -0.467 e. The van der Waals surface area contributed by atoms with Crippen molar-refractivity contribution in [3.05, 3.63) is 0 Å². The summed E-state index contributed by atoms with van der Waals surface area (Å²) in [5.41, 5.74) is -2.18. The van der Waals surface area contributed by atoms with E-state index in [1.807, 2.05) is 0 Å². The summed E-state index contributed by atoms with van der Waals surface area (Å²) >= 11 is 0. The lowest BCUT2D eigenvalue weighted by Gasteiger charge is -2.14. The van der Waals surface area contributed by atoms with E-state index in [2.05, 4.69) is 4.74 Å². The highest BCUT2D eigenvalue weighted by Gasteiger charge is 2.35. The molecular formula is C7H11FO3. The summed E-state index contributed by atoms with van der Waals surface area (Å²) in [7, 11) is 1.08. The van der Waals surface area contributed by atoms with Crippen LogP contribution in [0.3, 0.4) is 0 Å². The van der Waals surface area contributed by atoms with Crippen molar-refractivity contribution in [2.45, 2.75) is 25.9 Å². The highest BCUT2D eigenvalue weighted by atomic mass is 19.1. The third-order valence-corrected chi connectivity index (χ3v) is 1.19. The van der Waals surface area contributed by atoms with Crippen molar-refractivity contribution in [2.75, 3.05) is 7.11 Å². The molecule has 4 heteroatoms. The highest BCUT2D eigenvalue weighted by Crippen LogP contribution is 2.17. The van der Waals surface area contributed by atoms with E-state index >= 15 is 0 Å². The van der Waals surface area contributed by atoms with Gasteiger partial charge in [-0.15, -0.1) is 0 Å². The summed E-state index contributed by atoms with van der Waals surface area (Å²) in [5, 5.41) is 0. The van der Waals surface area contributed by atoms with E-state index in [9.17, 15) is 14.0 Å². The van der Waals surface area contributed by atoms with Crippen molar-refractivity contribution in [1.82, 2.24) is 0 Å². The molecule has 0 aromatic heterocycles. The summed E-state index contributed by atoms with van der Waals surface area (Å²) in [6.45, 7) is 2.25. The maximum Gasteiger partial charge on any atom is 0.343 e. The number of esters is 1. The van der Waals surface area contributed by atoms with Crippen LogP contribution < -0.4 is 0 Å². The molecule has 11 heavy (non-hydrogen) atoms. The molecule has 0 aromatic rings. The molecule has 64 valence electrons. The Morgan fingerprint density at radius 3 is 2.27 bits per heavy atom. The van der Waals surface area contributed by atoms with E-state index in [1.165, 1.54) is 6.92 Å². The number of rotatable bonds is 3. The molecule has 0 bridgehead atoms. The Hall–Kier alpha value is -0.930. The van der Waals surface area contributed by atoms with Crippen LogP contribution in [0.1, 0.15) is 20.3 Å². The normalized spacial score (nSPS) is 15.3. The summed E-state index contributed by atoms with van der Waals surface area (Å²) in [6.07, 6.45) is -0.431. The second-order valence-electron chi connectivity index (χ2n) is 2.57. The van der Waals surface area contributed by atoms with Crippen molar-refractivity contribution < 1.29 is 18.7 Å². The molecule has 0 spiro atoms. The zero-order valence-corrected chi connectivity index (χ0v) is 6.81. The molecule has 1 atom stereocenters. The van der Waals surface area contributed by atoms with Gasteiger partial charge in [-0.25, -0.2) is 9.18 Å². The minimum atomic E-state index is -2.18. The molecule has 0 saturated heterocycles. The topological polar surface area (TPSA) is 43.4 Å². The average molecular weight is 162 g/mol. The molecule has 3 nitrogen and oxygen atoms in total. The van der Waals surface area contributed by atoms with Gasteiger partial charge in [-0.3, -0.25) is 4.79 Å². The summed E-state index contributed by atoms with van der Waals surface area (Å²) in [6, 6.07) is 0. The molecule has 0 aliphatic carbocycles. The van der Waals surface area contributed by atoms with Gasteiger partial charge >= 0.3 is 5.97 Å². The van der Waals surface area contributed by atoms with Crippen LogP contribution in [0.4, 0.5) is 4.39 Å². The van der Waals surface area contributed by atoms with Gasteiger partial charge in [-0.1, -0.05) is 0 Å². The molecule has 0 rings (SSSR count). The van der Waals surface area contributed by atoms with Gasteiger partial charge in [0, 0.05) is 0 Å². The lowest BCUT2D eigenvalue weighted by Crippen LogP contribution is -2.33. The molecule has 0 amide bonds. The Balaban J connectivity index is 4.21. The van der Waals surface area contributed by atoms with Gasteiger partial charge in [0.2, 0.25) is 5.67 Å². The van der Waals surface area contributed by atoms with Crippen molar-refractivity contribution in [3.63, 3.8) is 0 Å². The fourth-order valence-corrected chi connectivity index (χ4v) is 0.752. The predicted octanol–water partition coefficient (Wildman–Crippen LogP) is 0.867. The van der Waals surface area contributed by atoms with Gasteiger partial charge in [0.05, 0.1) is 13.5 Å². The van der Waals surface area contributed by atoms with E-state index in [0.717, 1.165) is 14.0 Å². The zero-order chi connectivity index (χ0) is 9.07. The Labute approximate surface area is 64.5 Å². The van der Waals surface area contributed by atoms with Crippen LogP contribution >= 0.6 is 0 Å². The number of ether oxygens (including phenoxy) is 1. The number of Topliss-reactive ketones (excluding diaryl/α,β-unsaturated/α-hetero) is 1. The third-order valence-electron chi connectivity index (χ3n) is 1.19. The molecule has 0 heterocycles. The minimum absolute atomic E-state index is 0.375. The van der Waals surface area contributed by atoms with Gasteiger partial charge in [0.1, 0.15) is 5.78 Å². The molecule has 1 unspecified atom stereocenters. The molecule has 0 radical (unpaired) electrons. The second kappa shape index (κ2) is 3.46. The van der Waals surface area contributed by atoms with Crippen molar-refractivity contribution >= 4 is 11.8 Å². The molecule has 0 fully saturated rings. The van der Waals surface area contributed by atoms with E-state index in [0.29, 0.717) is 0 Å². The average Bonchev–Trinajstić information content (AvgIpc) is 1.83. The Bertz CT molecular complexity index is 175. The molecule has 0 aliphatic heterocycles. The van der Waals surface area contributed by atoms with Crippen molar-refractivity contribution in [2.24, 2.45) is 0 Å². The van der Waals surface area contributed by atoms with Gasteiger partial charge in [0.15, 0.2) is 0 Å². The Kier molecular flexibility index (Phi) is 3.17. The first-order valence-corrected chi connectivity index (χ1v) is 3.17. The largest absolute Gasteiger partial charge is 0.467 e. The van der Waals surface area contributed by atoms with E-state index in [4.69, 9.17) is 0 Å². The first-order chi connectivity index (χ1) is 4.90. The maximum absolute atomic E-state index is 13.0. The lowest BCUT2D eigenvalue weighted by molar-refractivity contribution is -0.155.